The molecule has 5 heteroatoms. The van der Waals surface area contributed by atoms with E-state index in [9.17, 15) is 0 Å². The Kier molecular flexibility index (Phi) is 4.37. The maximum absolute atomic E-state index is 6.08. The molecule has 0 saturated carbocycles. The quantitative estimate of drug-likeness (QED) is 0.682. The predicted molar refractivity (Wildman–Crippen MR) is 93.7 cm³/mol. The molecule has 0 bridgehead atoms. The Morgan fingerprint density at radius 3 is 2.84 bits per heavy atom. The van der Waals surface area contributed by atoms with Crippen LogP contribution in [0.15, 0.2) is 53.1 Å². The molecular weight excluding hydrogens is 316 g/mol. The third-order valence-corrected chi connectivity index (χ3v) is 4.24. The molecule has 1 atom stereocenters. The standard InChI is InChI=1S/C20H20N2O3/c1-2-3-11-19-21-20(22-25-19)15-8-6-7-14(12-15)18-13-23-16-9-4-5-10-17(16)24-18/h4-10,12,18H,2-3,11,13H2,1H3/t18-/m1/s1. The Hall–Kier alpha value is -2.82. The summed E-state index contributed by atoms with van der Waals surface area (Å²) in [5.41, 5.74) is 1.96. The summed E-state index contributed by atoms with van der Waals surface area (Å²) in [6.07, 6.45) is 2.82. The van der Waals surface area contributed by atoms with Crippen LogP contribution in [0, 0.1) is 0 Å². The SMILES string of the molecule is CCCCc1nc(-c2cccc([C@H]3COc4ccccc4O3)c2)no1. The highest BCUT2D eigenvalue weighted by molar-refractivity contribution is 5.56. The molecule has 0 fully saturated rings. The van der Waals surface area contributed by atoms with E-state index in [0.717, 1.165) is 41.9 Å². The smallest absolute Gasteiger partial charge is 0.226 e. The number of nitrogens with zero attached hydrogens (tertiary/aromatic N) is 2. The maximum Gasteiger partial charge on any atom is 0.226 e. The molecule has 128 valence electrons. The highest BCUT2D eigenvalue weighted by atomic mass is 16.6. The van der Waals surface area contributed by atoms with E-state index < -0.39 is 0 Å². The molecular formula is C20H20N2O3. The van der Waals surface area contributed by atoms with Gasteiger partial charge in [-0.25, -0.2) is 0 Å². The van der Waals surface area contributed by atoms with E-state index in [1.807, 2.05) is 48.5 Å². The molecule has 2 aromatic carbocycles. The first kappa shape index (κ1) is 15.7. The van der Waals surface area contributed by atoms with Crippen molar-refractivity contribution in [2.45, 2.75) is 32.3 Å². The van der Waals surface area contributed by atoms with Crippen LogP contribution in [0.25, 0.3) is 11.4 Å². The number of rotatable bonds is 5. The van der Waals surface area contributed by atoms with Gasteiger partial charge in [0.2, 0.25) is 11.7 Å². The molecule has 1 aliphatic heterocycles. The van der Waals surface area contributed by atoms with Crippen molar-refractivity contribution in [3.63, 3.8) is 0 Å². The van der Waals surface area contributed by atoms with E-state index in [1.54, 1.807) is 0 Å². The number of hydrogen-bond donors (Lipinski definition) is 0. The van der Waals surface area contributed by atoms with E-state index >= 15 is 0 Å². The molecule has 4 rings (SSSR count). The van der Waals surface area contributed by atoms with Gasteiger partial charge in [-0.05, 0) is 30.2 Å². The van der Waals surface area contributed by atoms with Gasteiger partial charge in [-0.3, -0.25) is 0 Å². The minimum absolute atomic E-state index is 0.152. The maximum atomic E-state index is 6.08. The Morgan fingerprint density at radius 1 is 1.08 bits per heavy atom. The fraction of sp³-hybridized carbons (Fsp3) is 0.300. The number of benzene rings is 2. The lowest BCUT2D eigenvalue weighted by Crippen LogP contribution is -2.21. The molecule has 0 aliphatic carbocycles. The lowest BCUT2D eigenvalue weighted by atomic mass is 10.1. The summed E-state index contributed by atoms with van der Waals surface area (Å²) in [5, 5.41) is 4.10. The summed E-state index contributed by atoms with van der Waals surface area (Å²) in [6, 6.07) is 15.8. The number of ether oxygens (including phenoxy) is 2. The van der Waals surface area contributed by atoms with E-state index in [1.165, 1.54) is 0 Å². The molecule has 0 amide bonds. The minimum Gasteiger partial charge on any atom is -0.485 e. The van der Waals surface area contributed by atoms with Gasteiger partial charge in [-0.15, -0.1) is 0 Å². The number of para-hydroxylation sites is 2. The largest absolute Gasteiger partial charge is 0.485 e. The van der Waals surface area contributed by atoms with Crippen LogP contribution in [0.5, 0.6) is 11.5 Å². The summed E-state index contributed by atoms with van der Waals surface area (Å²) >= 11 is 0. The van der Waals surface area contributed by atoms with Gasteiger partial charge in [-0.1, -0.05) is 48.8 Å². The van der Waals surface area contributed by atoms with Gasteiger partial charge in [0.05, 0.1) is 0 Å². The molecule has 1 aromatic heterocycles. The third kappa shape index (κ3) is 3.36. The predicted octanol–water partition coefficient (Wildman–Crippen LogP) is 4.59. The molecule has 0 N–H and O–H groups in total. The van der Waals surface area contributed by atoms with Crippen molar-refractivity contribution < 1.29 is 14.0 Å². The molecule has 3 aromatic rings. The zero-order valence-corrected chi connectivity index (χ0v) is 14.1. The fourth-order valence-electron chi connectivity index (χ4n) is 2.86. The van der Waals surface area contributed by atoms with Crippen LogP contribution in [-0.4, -0.2) is 16.7 Å². The first-order valence-corrected chi connectivity index (χ1v) is 8.65. The minimum atomic E-state index is -0.152. The number of aromatic nitrogens is 2. The van der Waals surface area contributed by atoms with Crippen LogP contribution in [0.2, 0.25) is 0 Å². The average molecular weight is 336 g/mol. The van der Waals surface area contributed by atoms with Gasteiger partial charge in [0.1, 0.15) is 6.61 Å². The molecule has 0 saturated heterocycles. The van der Waals surface area contributed by atoms with Crippen molar-refractivity contribution in [1.82, 2.24) is 10.1 Å². The van der Waals surface area contributed by atoms with Gasteiger partial charge >= 0.3 is 0 Å². The molecule has 2 heterocycles. The van der Waals surface area contributed by atoms with Gasteiger partial charge in [0.15, 0.2) is 17.6 Å². The zero-order chi connectivity index (χ0) is 17.1. The van der Waals surface area contributed by atoms with Gasteiger partial charge in [0, 0.05) is 12.0 Å². The monoisotopic (exact) mass is 336 g/mol. The summed E-state index contributed by atoms with van der Waals surface area (Å²) in [4.78, 5) is 4.49. The molecule has 0 radical (unpaired) electrons. The van der Waals surface area contributed by atoms with Crippen molar-refractivity contribution >= 4 is 0 Å². The average Bonchev–Trinajstić information content (AvgIpc) is 3.15. The number of fused-ring (bicyclic) bond motifs is 1. The number of aryl methyl sites for hydroxylation is 1. The van der Waals surface area contributed by atoms with Crippen LogP contribution in [0.1, 0.15) is 37.3 Å². The van der Waals surface area contributed by atoms with Crippen LogP contribution in [-0.2, 0) is 6.42 Å². The van der Waals surface area contributed by atoms with Gasteiger partial charge < -0.3 is 14.0 Å². The van der Waals surface area contributed by atoms with E-state index in [-0.39, 0.29) is 6.10 Å². The van der Waals surface area contributed by atoms with E-state index in [2.05, 4.69) is 17.1 Å². The lowest BCUT2D eigenvalue weighted by molar-refractivity contribution is 0.0913. The van der Waals surface area contributed by atoms with Crippen LogP contribution < -0.4 is 9.47 Å². The third-order valence-electron chi connectivity index (χ3n) is 4.24. The first-order valence-electron chi connectivity index (χ1n) is 8.65. The molecule has 0 unspecified atom stereocenters. The van der Waals surface area contributed by atoms with Crippen LogP contribution >= 0.6 is 0 Å². The van der Waals surface area contributed by atoms with Crippen molar-refractivity contribution in [2.75, 3.05) is 6.61 Å². The molecule has 5 nitrogen and oxygen atoms in total. The fourth-order valence-corrected chi connectivity index (χ4v) is 2.86. The first-order chi connectivity index (χ1) is 12.3. The molecule has 1 aliphatic rings. The summed E-state index contributed by atoms with van der Waals surface area (Å²) in [6.45, 7) is 2.62. The molecule has 25 heavy (non-hydrogen) atoms. The summed E-state index contributed by atoms with van der Waals surface area (Å²) in [7, 11) is 0. The van der Waals surface area contributed by atoms with Crippen molar-refractivity contribution in [1.29, 1.82) is 0 Å². The van der Waals surface area contributed by atoms with Crippen LogP contribution in [0.3, 0.4) is 0 Å². The number of hydrogen-bond acceptors (Lipinski definition) is 5. The van der Waals surface area contributed by atoms with Crippen molar-refractivity contribution in [3.05, 3.63) is 60.0 Å². The van der Waals surface area contributed by atoms with Crippen molar-refractivity contribution in [2.24, 2.45) is 0 Å². The molecule has 0 spiro atoms. The van der Waals surface area contributed by atoms with Crippen LogP contribution in [0.4, 0.5) is 0 Å². The second-order valence-corrected chi connectivity index (χ2v) is 6.10. The Labute approximate surface area is 146 Å². The Bertz CT molecular complexity index is 859. The normalized spacial score (nSPS) is 16.0. The number of unbranched alkanes of at least 4 members (excludes halogenated alkanes) is 1. The highest BCUT2D eigenvalue weighted by Crippen LogP contribution is 2.36. The Balaban J connectivity index is 1.55. The van der Waals surface area contributed by atoms with E-state index in [4.69, 9.17) is 14.0 Å². The summed E-state index contributed by atoms with van der Waals surface area (Å²) in [5.74, 6) is 2.86. The zero-order valence-electron chi connectivity index (χ0n) is 14.1. The van der Waals surface area contributed by atoms with Gasteiger partial charge in [-0.2, -0.15) is 4.98 Å². The Morgan fingerprint density at radius 2 is 1.96 bits per heavy atom. The lowest BCUT2D eigenvalue weighted by Gasteiger charge is -2.26. The highest BCUT2D eigenvalue weighted by Gasteiger charge is 2.23. The van der Waals surface area contributed by atoms with Gasteiger partial charge in [0.25, 0.3) is 0 Å². The summed E-state index contributed by atoms with van der Waals surface area (Å²) < 4.78 is 17.2. The topological polar surface area (TPSA) is 57.4 Å². The second-order valence-electron chi connectivity index (χ2n) is 6.10. The van der Waals surface area contributed by atoms with Crippen molar-refractivity contribution in [3.8, 4) is 22.9 Å². The van der Waals surface area contributed by atoms with E-state index in [0.29, 0.717) is 18.3 Å². The second kappa shape index (κ2) is 6.97.